The lowest BCUT2D eigenvalue weighted by Gasteiger charge is -1.94. The first kappa shape index (κ1) is 9.62. The molecule has 0 amide bonds. The normalized spacial score (nSPS) is 9.71. The van der Waals surface area contributed by atoms with Crippen molar-refractivity contribution < 1.29 is 0 Å². The first-order valence-electron chi connectivity index (χ1n) is 3.93. The molecule has 0 aliphatic carbocycles. The van der Waals surface area contributed by atoms with E-state index in [-0.39, 0.29) is 0 Å². The van der Waals surface area contributed by atoms with Crippen LogP contribution in [-0.4, -0.2) is 4.98 Å². The lowest BCUT2D eigenvalue weighted by Crippen LogP contribution is -1.78. The average molecular weight is 312 g/mol. The third-order valence-corrected chi connectivity index (χ3v) is 3.54. The van der Waals surface area contributed by atoms with Gasteiger partial charge in [0.1, 0.15) is 6.07 Å². The van der Waals surface area contributed by atoms with Crippen LogP contribution in [0.2, 0.25) is 0 Å². The van der Waals surface area contributed by atoms with Crippen LogP contribution in [0.3, 0.4) is 0 Å². The summed E-state index contributed by atoms with van der Waals surface area (Å²) in [5.41, 5.74) is 1.58. The minimum atomic E-state index is 0.519. The molecule has 1 aromatic carbocycles. The highest BCUT2D eigenvalue weighted by molar-refractivity contribution is 14.1. The summed E-state index contributed by atoms with van der Waals surface area (Å²) in [7, 11) is 0. The molecule has 0 atom stereocenters. The molecule has 0 spiro atoms. The van der Waals surface area contributed by atoms with Gasteiger partial charge in [-0.3, -0.25) is 0 Å². The minimum Gasteiger partial charge on any atom is -0.219 e. The predicted octanol–water partition coefficient (Wildman–Crippen LogP) is 3.29. The largest absolute Gasteiger partial charge is 0.219 e. The van der Waals surface area contributed by atoms with Crippen LogP contribution in [0.15, 0.2) is 30.3 Å². The Kier molecular flexibility index (Phi) is 2.79. The number of nitriles is 1. The maximum Gasteiger partial charge on any atom is 0.160 e. The topological polar surface area (TPSA) is 36.7 Å². The van der Waals surface area contributed by atoms with Crippen molar-refractivity contribution in [3.63, 3.8) is 0 Å². The summed E-state index contributed by atoms with van der Waals surface area (Å²) >= 11 is 3.68. The van der Waals surface area contributed by atoms with Gasteiger partial charge in [0.25, 0.3) is 0 Å². The lowest BCUT2D eigenvalue weighted by atomic mass is 10.2. The Hall–Kier alpha value is -0.930. The number of hydrogen-bond acceptors (Lipinski definition) is 3. The van der Waals surface area contributed by atoms with Gasteiger partial charge < -0.3 is 0 Å². The minimum absolute atomic E-state index is 0.519. The molecule has 2 aromatic rings. The number of nitrogens with zero attached hydrogens (tertiary/aromatic N) is 2. The fraction of sp³-hybridized carbons (Fsp3) is 0. The Bertz CT molecular complexity index is 485. The Morgan fingerprint density at radius 1 is 1.29 bits per heavy atom. The van der Waals surface area contributed by atoms with Gasteiger partial charge in [-0.25, -0.2) is 4.98 Å². The molecule has 0 aliphatic heterocycles. The van der Waals surface area contributed by atoms with Crippen molar-refractivity contribution in [1.29, 1.82) is 5.26 Å². The number of rotatable bonds is 1. The fourth-order valence-electron chi connectivity index (χ4n) is 1.15. The maximum atomic E-state index is 8.88. The Morgan fingerprint density at radius 2 is 2.00 bits per heavy atom. The van der Waals surface area contributed by atoms with Crippen LogP contribution in [0.4, 0.5) is 0 Å². The number of hydrogen-bond donors (Lipinski definition) is 0. The summed E-state index contributed by atoms with van der Waals surface area (Å²) in [5, 5.41) is 8.88. The van der Waals surface area contributed by atoms with E-state index < -0.39 is 0 Å². The van der Waals surface area contributed by atoms with E-state index in [9.17, 15) is 0 Å². The van der Waals surface area contributed by atoms with Gasteiger partial charge in [0.05, 0.1) is 4.88 Å². The van der Waals surface area contributed by atoms with Crippen molar-refractivity contribution >= 4 is 33.9 Å². The van der Waals surface area contributed by atoms with Crippen LogP contribution in [0, 0.1) is 14.3 Å². The van der Waals surface area contributed by atoms with Crippen molar-refractivity contribution in [3.05, 3.63) is 39.0 Å². The standard InChI is InChI=1S/C10H5IN2S/c11-10-13-8(6-12)9(14-10)7-4-2-1-3-5-7/h1-5H. The van der Waals surface area contributed by atoms with Gasteiger partial charge in [-0.05, 0) is 28.2 Å². The van der Waals surface area contributed by atoms with Crippen molar-refractivity contribution in [2.75, 3.05) is 0 Å². The second-order valence-corrected chi connectivity index (χ2v) is 5.38. The molecule has 0 saturated carbocycles. The van der Waals surface area contributed by atoms with Crippen LogP contribution >= 0.6 is 33.9 Å². The molecule has 0 fully saturated rings. The Labute approximate surface area is 99.4 Å². The van der Waals surface area contributed by atoms with Crippen molar-refractivity contribution in [3.8, 4) is 16.5 Å². The molecule has 68 valence electrons. The van der Waals surface area contributed by atoms with Crippen LogP contribution in [0.5, 0.6) is 0 Å². The van der Waals surface area contributed by atoms with Gasteiger partial charge in [0.2, 0.25) is 0 Å². The van der Waals surface area contributed by atoms with E-state index in [1.54, 1.807) is 11.3 Å². The SMILES string of the molecule is N#Cc1nc(I)sc1-c1ccccc1. The maximum absolute atomic E-state index is 8.88. The number of halogens is 1. The molecule has 2 rings (SSSR count). The first-order valence-corrected chi connectivity index (χ1v) is 5.82. The second kappa shape index (κ2) is 4.07. The number of aromatic nitrogens is 1. The van der Waals surface area contributed by atoms with Gasteiger partial charge in [0.15, 0.2) is 8.71 Å². The molecular formula is C10H5IN2S. The van der Waals surface area contributed by atoms with Crippen molar-refractivity contribution in [1.82, 2.24) is 4.98 Å². The molecule has 4 heteroatoms. The van der Waals surface area contributed by atoms with E-state index >= 15 is 0 Å². The van der Waals surface area contributed by atoms with Crippen LogP contribution in [0.1, 0.15) is 5.69 Å². The molecule has 0 unspecified atom stereocenters. The summed E-state index contributed by atoms with van der Waals surface area (Å²) in [5.74, 6) is 0. The molecule has 0 N–H and O–H groups in total. The molecule has 0 radical (unpaired) electrons. The van der Waals surface area contributed by atoms with E-state index in [2.05, 4.69) is 33.6 Å². The highest BCUT2D eigenvalue weighted by Gasteiger charge is 2.10. The zero-order valence-electron chi connectivity index (χ0n) is 7.07. The van der Waals surface area contributed by atoms with Gasteiger partial charge in [-0.15, -0.1) is 11.3 Å². The molecule has 0 saturated heterocycles. The highest BCUT2D eigenvalue weighted by atomic mass is 127. The van der Waals surface area contributed by atoms with Gasteiger partial charge in [0, 0.05) is 0 Å². The number of benzene rings is 1. The van der Waals surface area contributed by atoms with Crippen molar-refractivity contribution in [2.24, 2.45) is 0 Å². The quantitative estimate of drug-likeness (QED) is 0.758. The summed E-state index contributed by atoms with van der Waals surface area (Å²) in [6.07, 6.45) is 0. The van der Waals surface area contributed by atoms with E-state index in [4.69, 9.17) is 5.26 Å². The summed E-state index contributed by atoms with van der Waals surface area (Å²) in [4.78, 5) is 5.11. The monoisotopic (exact) mass is 312 g/mol. The van der Waals surface area contributed by atoms with Crippen molar-refractivity contribution in [2.45, 2.75) is 0 Å². The molecule has 1 heterocycles. The number of thiazole rings is 1. The zero-order chi connectivity index (χ0) is 9.97. The van der Waals surface area contributed by atoms with E-state index in [0.29, 0.717) is 5.69 Å². The molecule has 0 bridgehead atoms. The van der Waals surface area contributed by atoms with Gasteiger partial charge in [-0.1, -0.05) is 30.3 Å². The van der Waals surface area contributed by atoms with Gasteiger partial charge in [-0.2, -0.15) is 5.26 Å². The molecule has 2 nitrogen and oxygen atoms in total. The van der Waals surface area contributed by atoms with E-state index in [0.717, 1.165) is 13.5 Å². The van der Waals surface area contributed by atoms with E-state index in [1.807, 2.05) is 30.3 Å². The van der Waals surface area contributed by atoms with Crippen LogP contribution in [-0.2, 0) is 0 Å². The van der Waals surface area contributed by atoms with Gasteiger partial charge >= 0.3 is 0 Å². The van der Waals surface area contributed by atoms with E-state index in [1.165, 1.54) is 0 Å². The Balaban J connectivity index is 2.58. The smallest absolute Gasteiger partial charge is 0.160 e. The molecule has 14 heavy (non-hydrogen) atoms. The van der Waals surface area contributed by atoms with Crippen LogP contribution < -0.4 is 0 Å². The lowest BCUT2D eigenvalue weighted by molar-refractivity contribution is 1.30. The summed E-state index contributed by atoms with van der Waals surface area (Å²) < 4.78 is 0.901. The Morgan fingerprint density at radius 3 is 2.64 bits per heavy atom. The first-order chi connectivity index (χ1) is 6.81. The third-order valence-electron chi connectivity index (χ3n) is 1.74. The third kappa shape index (κ3) is 1.79. The molecule has 1 aromatic heterocycles. The molecule has 0 aliphatic rings. The summed E-state index contributed by atoms with van der Waals surface area (Å²) in [6, 6.07) is 12.0. The predicted molar refractivity (Wildman–Crippen MR) is 65.0 cm³/mol. The molecular weight excluding hydrogens is 307 g/mol. The summed E-state index contributed by atoms with van der Waals surface area (Å²) in [6.45, 7) is 0. The average Bonchev–Trinajstić information content (AvgIpc) is 2.61. The second-order valence-electron chi connectivity index (χ2n) is 2.62. The zero-order valence-corrected chi connectivity index (χ0v) is 10.0. The van der Waals surface area contributed by atoms with Crippen LogP contribution in [0.25, 0.3) is 10.4 Å². The fourth-order valence-corrected chi connectivity index (χ4v) is 2.80. The highest BCUT2D eigenvalue weighted by Crippen LogP contribution is 2.30.